The molecule has 6 atom stereocenters. The minimum Gasteiger partial charge on any atom is -0.455 e. The molecular weight excluding hydrogens is 1490 g/mol. The Morgan fingerprint density at radius 2 is 0.870 bits per heavy atom. The molecule has 6 nitrogen and oxygen atoms in total. The maximum atomic E-state index is 6.63. The number of anilines is 15. The summed E-state index contributed by atoms with van der Waals surface area (Å²) in [5.41, 5.74) is 43.3. The maximum absolute atomic E-state index is 6.63. The molecule has 15 aromatic rings. The van der Waals surface area contributed by atoms with Gasteiger partial charge in [-0.25, -0.2) is 0 Å². The number of furan rings is 1. The summed E-state index contributed by atoms with van der Waals surface area (Å²) in [4.78, 5) is 13.3. The number of fused-ring (bicyclic) bond motifs is 16. The van der Waals surface area contributed by atoms with Crippen LogP contribution in [0, 0.1) is 67.1 Å². The molecule has 6 unspecified atom stereocenters. The van der Waals surface area contributed by atoms with Crippen molar-refractivity contribution >= 4 is 153 Å². The van der Waals surface area contributed by atoms with Gasteiger partial charge < -0.3 is 28.9 Å². The van der Waals surface area contributed by atoms with E-state index in [0.29, 0.717) is 41.4 Å². The molecular formula is C115H101B2N5O. The van der Waals surface area contributed by atoms with Gasteiger partial charge in [-0.1, -0.05) is 228 Å². The van der Waals surface area contributed by atoms with Crippen molar-refractivity contribution in [3.05, 3.63) is 342 Å². The number of rotatable bonds is 9. The van der Waals surface area contributed by atoms with Crippen molar-refractivity contribution in [1.29, 1.82) is 0 Å². The first-order chi connectivity index (χ1) is 60.1. The lowest BCUT2D eigenvalue weighted by Crippen LogP contribution is -2.64. The predicted molar refractivity (Wildman–Crippen MR) is 513 cm³/mol. The van der Waals surface area contributed by atoms with Gasteiger partial charge in [0.05, 0.1) is 11.4 Å². The van der Waals surface area contributed by atoms with E-state index in [2.05, 4.69) is 370 Å². The summed E-state index contributed by atoms with van der Waals surface area (Å²) in [7, 11) is 0. The van der Waals surface area contributed by atoms with Crippen molar-refractivity contribution in [2.75, 3.05) is 24.5 Å². The van der Waals surface area contributed by atoms with Crippen LogP contribution in [0.2, 0.25) is 0 Å². The average molecular weight is 1590 g/mol. The Bertz CT molecular complexity index is 6910. The highest BCUT2D eigenvalue weighted by Crippen LogP contribution is 2.73. The van der Waals surface area contributed by atoms with Crippen molar-refractivity contribution < 1.29 is 4.42 Å². The van der Waals surface area contributed by atoms with E-state index in [1.165, 1.54) is 194 Å². The van der Waals surface area contributed by atoms with E-state index in [4.69, 9.17) is 4.42 Å². The van der Waals surface area contributed by atoms with Crippen molar-refractivity contribution in [3.8, 4) is 11.1 Å². The van der Waals surface area contributed by atoms with E-state index < -0.39 is 0 Å². The lowest BCUT2D eigenvalue weighted by molar-refractivity contribution is -0.0682. The Morgan fingerprint density at radius 1 is 0.374 bits per heavy atom. The average Bonchev–Trinajstić information content (AvgIpc) is 0.938. The topological polar surface area (TPSA) is 29.3 Å². The Labute approximate surface area is 724 Å². The molecule has 1 aromatic heterocycles. The summed E-state index contributed by atoms with van der Waals surface area (Å²) in [5, 5.41) is 2.30. The highest BCUT2D eigenvalue weighted by molar-refractivity contribution is 7.01. The Kier molecular flexibility index (Phi) is 14.9. The molecule has 13 aliphatic rings. The standard InChI is InChI=1S/C115H101B2N5O/c1-68-35-46-81(47-36-68)118(82-48-37-69(2)38-49-82)85-54-56-101-97(66-85)117-94-26-15-24-91-109(94)121(98-28-11-9-22-89(98)114(91)79-58-70-57-71(60-79)61-80(114)59-70)105-33-18-31-103(108(105)117)120(101)84-52-43-76(44-53-84)113(6,7)67-75-62-73-39-42-78-63-74(75)64-93(73)115(78)90-23-10-12-29-99(90)122-104-32-17-30-102-107(104)116(95-27-16-25-92(115)110(95)122)96-65-77(112(3,4)5)45-55-100(96)119(102)83-50-40-72(41-51-83)86-20-14-21-88-87-19-8-13-34-106(87)123-111(86)88/h8-38,40-41,43-56,65-66,70-71,73-75,78-80,93H,39,42,57-64,67H2,1-7H3. The molecule has 0 saturated heterocycles. The van der Waals surface area contributed by atoms with Crippen LogP contribution in [0.5, 0.6) is 0 Å². The zero-order valence-corrected chi connectivity index (χ0v) is 71.6. The molecule has 14 aromatic carbocycles. The quantitative estimate of drug-likeness (QED) is 0.134. The summed E-state index contributed by atoms with van der Waals surface area (Å²) >= 11 is 0. The van der Waals surface area contributed by atoms with Crippen molar-refractivity contribution in [2.24, 2.45) is 53.3 Å². The van der Waals surface area contributed by atoms with E-state index in [0.717, 1.165) is 62.0 Å². The highest BCUT2D eigenvalue weighted by atomic mass is 16.3. The third-order valence-electron chi connectivity index (χ3n) is 33.8. The van der Waals surface area contributed by atoms with Crippen LogP contribution >= 0.6 is 0 Å². The minimum atomic E-state index is -0.0927. The van der Waals surface area contributed by atoms with E-state index in [1.54, 1.807) is 22.3 Å². The fraction of sp³-hybridized carbons (Fsp3) is 0.270. The Morgan fingerprint density at radius 3 is 1.49 bits per heavy atom. The zero-order valence-electron chi connectivity index (χ0n) is 71.6. The number of aryl methyl sites for hydroxylation is 2. The first-order valence-electron chi connectivity index (χ1n) is 46.4. The van der Waals surface area contributed by atoms with E-state index in [1.807, 2.05) is 0 Å². The second-order valence-corrected chi connectivity index (χ2v) is 41.3. The van der Waals surface area contributed by atoms with Gasteiger partial charge >= 0.3 is 0 Å². The number of hydrogen-bond acceptors (Lipinski definition) is 6. The minimum absolute atomic E-state index is 0.00158. The van der Waals surface area contributed by atoms with Crippen LogP contribution in [-0.2, 0) is 21.7 Å². The van der Waals surface area contributed by atoms with Gasteiger partial charge in [0, 0.05) is 101 Å². The monoisotopic (exact) mass is 1590 g/mol. The van der Waals surface area contributed by atoms with Crippen LogP contribution in [0.25, 0.3) is 33.1 Å². The molecule has 7 fully saturated rings. The highest BCUT2D eigenvalue weighted by Gasteiger charge is 2.66. The Hall–Kier alpha value is -12.0. The molecule has 7 saturated carbocycles. The second kappa shape index (κ2) is 25.6. The SMILES string of the molecule is Cc1ccc(N(c2ccc(C)cc2)c2ccc3c(c2)B2c4cccc5c4N(c4ccccc4C54C5CC6CC(C5)CC4C6)c4cccc(c42)N3c2ccc(C(C)(C)CC3CC4CCC5CC3CC4C53c4ccccc4N4c5cccc6c5B(c5cc(C(C)(C)C)ccc5N6c5ccc(-c6cccc7c6oc6ccccc67)cc5)c5cccc3c54)cc2)cc1. The first-order valence-corrected chi connectivity index (χ1v) is 46.4. The molecule has 6 aliphatic heterocycles. The summed E-state index contributed by atoms with van der Waals surface area (Å²) in [5.74, 6) is 6.07. The second-order valence-electron chi connectivity index (χ2n) is 41.3. The van der Waals surface area contributed by atoms with Crippen LogP contribution in [0.4, 0.5) is 85.3 Å². The molecule has 0 N–H and O–H groups in total. The fourth-order valence-electron chi connectivity index (χ4n) is 29.2. The van der Waals surface area contributed by atoms with Gasteiger partial charge in [-0.15, -0.1) is 0 Å². The van der Waals surface area contributed by atoms with Gasteiger partial charge in [0.25, 0.3) is 13.4 Å². The molecule has 7 bridgehead atoms. The number of nitrogens with zero attached hydrogens (tertiary/aromatic N) is 5. The predicted octanol–water partition coefficient (Wildman–Crippen LogP) is 25.9. The zero-order chi connectivity index (χ0) is 81.6. The smallest absolute Gasteiger partial charge is 0.252 e. The van der Waals surface area contributed by atoms with Crippen LogP contribution < -0.4 is 57.3 Å². The molecule has 7 aliphatic carbocycles. The molecule has 0 amide bonds. The lowest BCUT2D eigenvalue weighted by atomic mass is 9.32. The third kappa shape index (κ3) is 9.74. The van der Waals surface area contributed by atoms with Crippen LogP contribution in [-0.4, -0.2) is 13.4 Å². The van der Waals surface area contributed by atoms with Gasteiger partial charge in [0.1, 0.15) is 11.2 Å². The van der Waals surface area contributed by atoms with E-state index in [9.17, 15) is 0 Å². The third-order valence-corrected chi connectivity index (χ3v) is 33.8. The van der Waals surface area contributed by atoms with Gasteiger partial charge in [-0.3, -0.25) is 0 Å². The molecule has 8 heteroatoms. The molecule has 123 heavy (non-hydrogen) atoms. The molecule has 2 spiro atoms. The van der Waals surface area contributed by atoms with Crippen molar-refractivity contribution in [1.82, 2.24) is 0 Å². The normalized spacial score (nSPS) is 24.3. The van der Waals surface area contributed by atoms with Crippen molar-refractivity contribution in [2.45, 2.75) is 141 Å². The summed E-state index contributed by atoms with van der Waals surface area (Å²) in [6.07, 6.45) is 14.5. The number of hydrogen-bond donors (Lipinski definition) is 0. The molecule has 0 radical (unpaired) electrons. The van der Waals surface area contributed by atoms with E-state index in [-0.39, 0.29) is 35.1 Å². The number of para-hydroxylation sites is 6. The molecule has 28 rings (SSSR count). The Balaban J connectivity index is 0.535. The molecule has 7 heterocycles. The summed E-state index contributed by atoms with van der Waals surface area (Å²) < 4.78 is 6.63. The van der Waals surface area contributed by atoms with Crippen LogP contribution in [0.3, 0.4) is 0 Å². The fourth-order valence-corrected chi connectivity index (χ4v) is 29.2. The first kappa shape index (κ1) is 71.6. The lowest BCUT2D eigenvalue weighted by Gasteiger charge is -2.65. The van der Waals surface area contributed by atoms with Crippen LogP contribution in [0.1, 0.15) is 150 Å². The van der Waals surface area contributed by atoms with Gasteiger partial charge in [0.15, 0.2) is 0 Å². The number of benzene rings is 14. The largest absolute Gasteiger partial charge is 0.455 e. The van der Waals surface area contributed by atoms with E-state index >= 15 is 0 Å². The summed E-state index contributed by atoms with van der Waals surface area (Å²) in [6.45, 7) is 16.8. The van der Waals surface area contributed by atoms with Gasteiger partial charge in [-0.2, -0.15) is 0 Å². The van der Waals surface area contributed by atoms with Crippen LogP contribution in [0.15, 0.2) is 302 Å². The van der Waals surface area contributed by atoms with Gasteiger partial charge in [0.2, 0.25) is 0 Å². The maximum Gasteiger partial charge on any atom is 0.252 e. The summed E-state index contributed by atoms with van der Waals surface area (Å²) in [6, 6.07) is 117. The van der Waals surface area contributed by atoms with Crippen molar-refractivity contribution in [3.63, 3.8) is 0 Å². The molecule has 598 valence electrons. The van der Waals surface area contributed by atoms with Gasteiger partial charge in [-0.05, 0) is 336 Å².